The van der Waals surface area contributed by atoms with Gasteiger partial charge in [0.05, 0.1) is 5.56 Å². The Morgan fingerprint density at radius 1 is 1.33 bits per heavy atom. The highest BCUT2D eigenvalue weighted by molar-refractivity contribution is 6.00. The van der Waals surface area contributed by atoms with Gasteiger partial charge in [0.2, 0.25) is 0 Å². The quantitative estimate of drug-likeness (QED) is 0.768. The predicted molar refractivity (Wildman–Crippen MR) is 64.0 cm³/mol. The molecule has 0 atom stereocenters. The summed E-state index contributed by atoms with van der Waals surface area (Å²) in [7, 11) is 0. The van der Waals surface area contributed by atoms with Crippen molar-refractivity contribution in [3.8, 4) is 0 Å². The Balaban J connectivity index is 2.05. The van der Waals surface area contributed by atoms with Gasteiger partial charge in [-0.05, 0) is 12.1 Å². The highest BCUT2D eigenvalue weighted by Gasteiger charge is 2.09. The number of halogens is 1. The first-order chi connectivity index (χ1) is 8.81. The number of amidine groups is 1. The molecule has 1 aromatic carbocycles. The first-order valence-electron chi connectivity index (χ1n) is 5.25. The van der Waals surface area contributed by atoms with E-state index >= 15 is 0 Å². The molecule has 0 saturated carbocycles. The zero-order valence-electron chi connectivity index (χ0n) is 9.39. The van der Waals surface area contributed by atoms with Crippen LogP contribution in [0.2, 0.25) is 0 Å². The molecule has 0 saturated heterocycles. The summed E-state index contributed by atoms with van der Waals surface area (Å²) in [6.07, 6.45) is 1.41. The van der Waals surface area contributed by atoms with Gasteiger partial charge in [-0.3, -0.25) is 10.9 Å². The highest BCUT2D eigenvalue weighted by Crippen LogP contribution is 2.07. The smallest absolute Gasteiger partial charge is 0.338 e. The largest absolute Gasteiger partial charge is 0.459 e. The average molecular weight is 250 g/mol. The first kappa shape index (κ1) is 12.0. The maximum Gasteiger partial charge on any atom is 0.338 e. The molecule has 0 unspecified atom stereocenters. The number of esters is 1. The molecular weight excluding hydrogens is 239 g/mol. The van der Waals surface area contributed by atoms with E-state index < -0.39 is 12.6 Å². The van der Waals surface area contributed by atoms with Crippen molar-refractivity contribution >= 4 is 18.1 Å². The zero-order chi connectivity index (χ0) is 12.8. The van der Waals surface area contributed by atoms with Crippen molar-refractivity contribution in [1.29, 1.82) is 0 Å². The van der Waals surface area contributed by atoms with E-state index in [9.17, 15) is 9.18 Å². The molecule has 0 spiro atoms. The molecule has 2 rings (SSSR count). The summed E-state index contributed by atoms with van der Waals surface area (Å²) in [5.41, 5.74) is 6.43. The molecule has 7 heteroatoms. The fraction of sp³-hybridized carbons (Fsp3) is 0.182. The van der Waals surface area contributed by atoms with Crippen LogP contribution in [0.1, 0.15) is 15.9 Å². The van der Waals surface area contributed by atoms with Crippen molar-refractivity contribution in [1.82, 2.24) is 10.9 Å². The third-order valence-electron chi connectivity index (χ3n) is 2.17. The second-order valence-corrected chi connectivity index (χ2v) is 3.36. The summed E-state index contributed by atoms with van der Waals surface area (Å²) in [6.45, 7) is -0.915. The van der Waals surface area contributed by atoms with Crippen LogP contribution in [0.25, 0.3) is 0 Å². The number of hydrazone groups is 2. The number of benzene rings is 1. The fourth-order valence-electron chi connectivity index (χ4n) is 1.35. The Kier molecular flexibility index (Phi) is 3.85. The molecule has 1 aliphatic heterocycles. The van der Waals surface area contributed by atoms with Crippen molar-refractivity contribution in [2.45, 2.75) is 0 Å². The van der Waals surface area contributed by atoms with E-state index in [4.69, 9.17) is 0 Å². The van der Waals surface area contributed by atoms with E-state index in [2.05, 4.69) is 25.8 Å². The van der Waals surface area contributed by atoms with Gasteiger partial charge >= 0.3 is 5.97 Å². The van der Waals surface area contributed by atoms with Crippen molar-refractivity contribution in [3.05, 3.63) is 35.4 Å². The van der Waals surface area contributed by atoms with Gasteiger partial charge < -0.3 is 4.74 Å². The molecule has 94 valence electrons. The van der Waals surface area contributed by atoms with Crippen LogP contribution in [0, 0.1) is 0 Å². The molecule has 2 N–H and O–H groups in total. The standard InChI is InChI=1S/C11H11FN4O2/c12-5-6-18-11(17)9-3-1-8(2-4-9)10-15-13-7-14-16-10/h1-4,7H,5-6H2,(H,13,14)(H,15,16). The molecular formula is C11H11FN4O2. The van der Waals surface area contributed by atoms with Crippen LogP contribution in [0.5, 0.6) is 0 Å². The molecule has 0 aromatic heterocycles. The van der Waals surface area contributed by atoms with Crippen LogP contribution in [-0.2, 0) is 4.74 Å². The van der Waals surface area contributed by atoms with Gasteiger partial charge in [-0.15, -0.1) is 0 Å². The zero-order valence-corrected chi connectivity index (χ0v) is 9.39. The van der Waals surface area contributed by atoms with Gasteiger partial charge in [-0.25, -0.2) is 9.18 Å². The Hall–Kier alpha value is -2.44. The Bertz CT molecular complexity index is 484. The SMILES string of the molecule is O=C(OCCF)c1ccc(C2=NNC=NN2)cc1. The topological polar surface area (TPSA) is 75.1 Å². The number of nitrogens with one attached hydrogen (secondary N) is 2. The second kappa shape index (κ2) is 5.76. The van der Waals surface area contributed by atoms with Crippen LogP contribution in [-0.4, -0.2) is 31.4 Å². The molecule has 6 nitrogen and oxygen atoms in total. The molecule has 1 aliphatic rings. The molecule has 1 heterocycles. The minimum atomic E-state index is -0.686. The van der Waals surface area contributed by atoms with E-state index in [1.807, 2.05) is 0 Å². The van der Waals surface area contributed by atoms with E-state index in [-0.39, 0.29) is 6.61 Å². The molecule has 1 aromatic rings. The lowest BCUT2D eigenvalue weighted by molar-refractivity contribution is 0.0481. The van der Waals surface area contributed by atoms with E-state index in [0.717, 1.165) is 5.56 Å². The van der Waals surface area contributed by atoms with Crippen molar-refractivity contribution in [2.75, 3.05) is 13.3 Å². The second-order valence-electron chi connectivity index (χ2n) is 3.36. The van der Waals surface area contributed by atoms with Gasteiger partial charge in [-0.1, -0.05) is 12.1 Å². The minimum Gasteiger partial charge on any atom is -0.459 e. The lowest BCUT2D eigenvalue weighted by Crippen LogP contribution is -2.27. The average Bonchev–Trinajstić information content (AvgIpc) is 2.46. The predicted octanol–water partition coefficient (Wildman–Crippen LogP) is 0.611. The van der Waals surface area contributed by atoms with Gasteiger partial charge in [0, 0.05) is 5.56 Å². The fourth-order valence-corrected chi connectivity index (χ4v) is 1.35. The summed E-state index contributed by atoms with van der Waals surface area (Å²) in [6, 6.07) is 6.55. The number of rotatable bonds is 4. The Morgan fingerprint density at radius 2 is 2.11 bits per heavy atom. The molecule has 0 radical (unpaired) electrons. The molecule has 0 bridgehead atoms. The third-order valence-corrected chi connectivity index (χ3v) is 2.17. The minimum absolute atomic E-state index is 0.229. The Labute approximate surface area is 103 Å². The number of alkyl halides is 1. The van der Waals surface area contributed by atoms with Gasteiger partial charge in [0.25, 0.3) is 0 Å². The van der Waals surface area contributed by atoms with Crippen LogP contribution in [0.4, 0.5) is 4.39 Å². The van der Waals surface area contributed by atoms with Crippen molar-refractivity contribution in [3.63, 3.8) is 0 Å². The first-order valence-corrected chi connectivity index (χ1v) is 5.25. The van der Waals surface area contributed by atoms with E-state index in [1.54, 1.807) is 24.3 Å². The van der Waals surface area contributed by atoms with Crippen LogP contribution in [0.15, 0.2) is 34.5 Å². The lowest BCUT2D eigenvalue weighted by Gasteiger charge is -2.09. The molecule has 0 aliphatic carbocycles. The maximum atomic E-state index is 11.9. The number of carbonyl (C=O) groups is 1. The van der Waals surface area contributed by atoms with Crippen LogP contribution in [0.3, 0.4) is 0 Å². The molecule has 18 heavy (non-hydrogen) atoms. The number of hydrogen-bond acceptors (Lipinski definition) is 6. The molecule has 0 fully saturated rings. The summed E-state index contributed by atoms with van der Waals surface area (Å²) >= 11 is 0. The summed E-state index contributed by atoms with van der Waals surface area (Å²) in [5.74, 6) is -0.00457. The number of ether oxygens (including phenoxy) is 1. The maximum absolute atomic E-state index is 11.9. The monoisotopic (exact) mass is 250 g/mol. The number of nitrogens with zero attached hydrogens (tertiary/aromatic N) is 2. The third kappa shape index (κ3) is 2.82. The summed E-state index contributed by atoms with van der Waals surface area (Å²) in [5, 5.41) is 7.75. The highest BCUT2D eigenvalue weighted by atomic mass is 19.1. The van der Waals surface area contributed by atoms with Gasteiger partial charge in [0.1, 0.15) is 19.6 Å². The number of carbonyl (C=O) groups excluding carboxylic acids is 1. The number of hydrogen-bond donors (Lipinski definition) is 2. The summed E-state index contributed by atoms with van der Waals surface area (Å²) < 4.78 is 16.5. The van der Waals surface area contributed by atoms with E-state index in [0.29, 0.717) is 11.4 Å². The van der Waals surface area contributed by atoms with Gasteiger partial charge in [-0.2, -0.15) is 10.2 Å². The normalized spacial score (nSPS) is 13.3. The van der Waals surface area contributed by atoms with Crippen molar-refractivity contribution in [2.24, 2.45) is 10.2 Å². The van der Waals surface area contributed by atoms with Crippen molar-refractivity contribution < 1.29 is 13.9 Å². The summed E-state index contributed by atoms with van der Waals surface area (Å²) in [4.78, 5) is 11.4. The van der Waals surface area contributed by atoms with Gasteiger partial charge in [0.15, 0.2) is 5.84 Å². The lowest BCUT2D eigenvalue weighted by atomic mass is 10.1. The van der Waals surface area contributed by atoms with E-state index in [1.165, 1.54) is 6.34 Å². The van der Waals surface area contributed by atoms with Crippen LogP contribution >= 0.6 is 0 Å². The molecule has 0 amide bonds. The Morgan fingerprint density at radius 3 is 2.72 bits per heavy atom. The van der Waals surface area contributed by atoms with Crippen LogP contribution < -0.4 is 10.9 Å².